The normalized spacial score (nSPS) is 6.57. The Hall–Kier alpha value is 1.15. The van der Waals surface area contributed by atoms with E-state index in [2.05, 4.69) is 20.1 Å². The number of hydrogen-bond donors (Lipinski definition) is 1. The van der Waals surface area contributed by atoms with Crippen LogP contribution in [-0.2, 0) is 18.3 Å². The molecule has 0 atom stereocenters. The molecule has 0 saturated heterocycles. The first kappa shape index (κ1) is 11.0. The van der Waals surface area contributed by atoms with Crippen molar-refractivity contribution in [3.8, 4) is 0 Å². The van der Waals surface area contributed by atoms with Crippen LogP contribution in [0.5, 0.6) is 0 Å². The molecular weight excluding hydrogens is 192 g/mol. The molecule has 0 heterocycles. The Morgan fingerprint density at radius 2 is 2.00 bits per heavy atom. The van der Waals surface area contributed by atoms with Crippen LogP contribution < -0.4 is 0 Å². The van der Waals surface area contributed by atoms with Crippen molar-refractivity contribution in [3.63, 3.8) is 0 Å². The molecule has 0 saturated carbocycles. The number of aliphatic hydroxyl groups is 1. The molecule has 7 heavy (non-hydrogen) atoms. The van der Waals surface area contributed by atoms with E-state index in [-0.39, 0.29) is 0 Å². The fourth-order valence-corrected chi connectivity index (χ4v) is 0.158. The Morgan fingerprint density at radius 3 is 2.00 bits per heavy atom. The summed E-state index contributed by atoms with van der Waals surface area (Å²) in [5, 5.41) is 8.07. The Balaban J connectivity index is 0. The van der Waals surface area contributed by atoms with Gasteiger partial charge in [-0.25, -0.2) is 0 Å². The summed E-state index contributed by atoms with van der Waals surface area (Å²) in [6, 6.07) is 0. The quantitative estimate of drug-likeness (QED) is 0.674. The van der Waals surface area contributed by atoms with Crippen LogP contribution in [0.1, 0.15) is 19.8 Å². The Labute approximate surface area is 63.0 Å². The van der Waals surface area contributed by atoms with E-state index < -0.39 is 0 Å². The van der Waals surface area contributed by atoms with E-state index in [1.54, 1.807) is 0 Å². The standard InChI is InChI=1S/C4H10O.BrH.Ti/c1-2-3-4-5;;/h5H,2-4H2,1H3;1H;/q;;+1/p-1. The summed E-state index contributed by atoms with van der Waals surface area (Å²) in [6.45, 7) is 2.40. The first-order chi connectivity index (χ1) is 3.41. The molecule has 1 N–H and O–H groups in total. The van der Waals surface area contributed by atoms with Crippen LogP contribution in [-0.4, -0.2) is 11.7 Å². The predicted octanol–water partition coefficient (Wildman–Crippen LogP) is 1.62. The zero-order valence-corrected chi connectivity index (χ0v) is 7.59. The SMILES string of the molecule is CCCCO.[Ti][Br]. The van der Waals surface area contributed by atoms with E-state index >= 15 is 0 Å². The molecule has 0 aromatic heterocycles. The van der Waals surface area contributed by atoms with Gasteiger partial charge in [0, 0.05) is 6.61 Å². The maximum absolute atomic E-state index is 8.07. The van der Waals surface area contributed by atoms with Gasteiger partial charge in [0.25, 0.3) is 0 Å². The molecule has 0 unspecified atom stereocenters. The minimum atomic E-state index is 0.344. The van der Waals surface area contributed by atoms with Gasteiger partial charge in [0.1, 0.15) is 0 Å². The summed E-state index contributed by atoms with van der Waals surface area (Å²) >= 11 is 4.75. The summed E-state index contributed by atoms with van der Waals surface area (Å²) in [6.07, 6.45) is 2.04. The average Bonchev–Trinajstić information content (AvgIpc) is 1.75. The third-order valence-corrected chi connectivity index (χ3v) is 0.512. The van der Waals surface area contributed by atoms with Crippen LogP contribution in [0.4, 0.5) is 0 Å². The number of rotatable bonds is 2. The number of unbranched alkanes of at least 4 members (excludes halogenated alkanes) is 1. The number of aliphatic hydroxyl groups excluding tert-OH is 1. The van der Waals surface area contributed by atoms with Gasteiger partial charge in [0.2, 0.25) is 0 Å². The van der Waals surface area contributed by atoms with Crippen molar-refractivity contribution in [2.75, 3.05) is 6.61 Å². The second-order valence-electron chi connectivity index (χ2n) is 1.08. The Bertz CT molecular complexity index is 19.2. The van der Waals surface area contributed by atoms with Crippen molar-refractivity contribution in [2.24, 2.45) is 0 Å². The number of hydrogen-bond acceptors (Lipinski definition) is 1. The van der Waals surface area contributed by atoms with Crippen LogP contribution in [0.2, 0.25) is 0 Å². The fraction of sp³-hybridized carbons (Fsp3) is 1.00. The summed E-state index contributed by atoms with van der Waals surface area (Å²) in [7, 11) is 0. The van der Waals surface area contributed by atoms with Crippen molar-refractivity contribution in [1.29, 1.82) is 0 Å². The van der Waals surface area contributed by atoms with Crippen molar-refractivity contribution in [1.82, 2.24) is 0 Å². The van der Waals surface area contributed by atoms with E-state index in [9.17, 15) is 0 Å². The molecule has 0 amide bonds. The average molecular weight is 202 g/mol. The zero-order chi connectivity index (χ0) is 6.12. The van der Waals surface area contributed by atoms with E-state index in [0.717, 1.165) is 12.8 Å². The van der Waals surface area contributed by atoms with Gasteiger partial charge < -0.3 is 5.11 Å². The van der Waals surface area contributed by atoms with Crippen LogP contribution in [0.15, 0.2) is 0 Å². The second kappa shape index (κ2) is 15.7. The summed E-state index contributed by atoms with van der Waals surface area (Å²) < 4.78 is 0. The molecule has 0 aliphatic rings. The van der Waals surface area contributed by atoms with Crippen molar-refractivity contribution >= 4 is 13.2 Å². The molecule has 1 nitrogen and oxygen atoms in total. The molecular formula is C4H10BrOTi. The van der Waals surface area contributed by atoms with Crippen molar-refractivity contribution in [2.45, 2.75) is 19.8 Å². The first-order valence-electron chi connectivity index (χ1n) is 2.21. The van der Waals surface area contributed by atoms with Gasteiger partial charge >= 0.3 is 31.5 Å². The van der Waals surface area contributed by atoms with Gasteiger partial charge in [-0.05, 0) is 6.42 Å². The molecule has 3 heteroatoms. The molecule has 43 valence electrons. The second-order valence-corrected chi connectivity index (χ2v) is 1.08. The zero-order valence-electron chi connectivity index (χ0n) is 4.45. The Kier molecular flexibility index (Phi) is 24.7. The molecule has 0 bridgehead atoms. The summed E-state index contributed by atoms with van der Waals surface area (Å²) in [5.41, 5.74) is 0. The van der Waals surface area contributed by atoms with Gasteiger partial charge in [0.15, 0.2) is 0 Å². The first-order valence-corrected chi connectivity index (χ1v) is 6.07. The third-order valence-electron chi connectivity index (χ3n) is 0.512. The van der Waals surface area contributed by atoms with E-state index in [1.165, 1.54) is 0 Å². The molecule has 0 aromatic carbocycles. The van der Waals surface area contributed by atoms with Gasteiger partial charge in [-0.1, -0.05) is 13.3 Å². The summed E-state index contributed by atoms with van der Waals surface area (Å²) in [4.78, 5) is 0. The van der Waals surface area contributed by atoms with E-state index in [1.807, 2.05) is 18.3 Å². The van der Waals surface area contributed by atoms with Crippen LogP contribution >= 0.6 is 13.2 Å². The number of halogens is 1. The molecule has 0 aromatic rings. The van der Waals surface area contributed by atoms with Crippen molar-refractivity contribution in [3.05, 3.63) is 0 Å². The molecule has 0 aliphatic heterocycles. The monoisotopic (exact) mass is 201 g/mol. The molecule has 0 aliphatic carbocycles. The molecule has 0 spiro atoms. The van der Waals surface area contributed by atoms with E-state index in [4.69, 9.17) is 5.11 Å². The topological polar surface area (TPSA) is 20.2 Å². The predicted molar refractivity (Wildman–Crippen MR) is 30.9 cm³/mol. The third kappa shape index (κ3) is 19.1. The maximum atomic E-state index is 8.07. The molecule has 0 radical (unpaired) electrons. The van der Waals surface area contributed by atoms with Crippen LogP contribution in [0, 0.1) is 0 Å². The van der Waals surface area contributed by atoms with Gasteiger partial charge in [-0.3, -0.25) is 0 Å². The summed E-state index contributed by atoms with van der Waals surface area (Å²) in [5.74, 6) is 0. The van der Waals surface area contributed by atoms with E-state index in [0.29, 0.717) is 6.61 Å². The molecule has 0 fully saturated rings. The van der Waals surface area contributed by atoms with Gasteiger partial charge in [-0.15, -0.1) is 0 Å². The van der Waals surface area contributed by atoms with Crippen molar-refractivity contribution < 1.29 is 23.4 Å². The van der Waals surface area contributed by atoms with Gasteiger partial charge in [0.05, 0.1) is 0 Å². The Morgan fingerprint density at radius 1 is 1.57 bits per heavy atom. The van der Waals surface area contributed by atoms with Crippen LogP contribution in [0.25, 0.3) is 0 Å². The van der Waals surface area contributed by atoms with Crippen LogP contribution in [0.3, 0.4) is 0 Å². The fourth-order valence-electron chi connectivity index (χ4n) is 0.158. The minimum absolute atomic E-state index is 0.344. The molecule has 0 rings (SSSR count). The van der Waals surface area contributed by atoms with Gasteiger partial charge in [-0.2, -0.15) is 0 Å².